The van der Waals surface area contributed by atoms with E-state index < -0.39 is 0 Å². The van der Waals surface area contributed by atoms with Gasteiger partial charge >= 0.3 is 0 Å². The van der Waals surface area contributed by atoms with Crippen molar-refractivity contribution in [2.45, 2.75) is 6.42 Å². The average Bonchev–Trinajstić information content (AvgIpc) is 2.87. The molecule has 0 radical (unpaired) electrons. The van der Waals surface area contributed by atoms with E-state index in [1.807, 2.05) is 0 Å². The van der Waals surface area contributed by atoms with E-state index in [9.17, 15) is 4.79 Å². The molecule has 2 heterocycles. The molecule has 0 aromatic carbocycles. The number of furan rings is 1. The fourth-order valence-electron chi connectivity index (χ4n) is 1.18. The van der Waals surface area contributed by atoms with Gasteiger partial charge in [0.1, 0.15) is 0 Å². The van der Waals surface area contributed by atoms with Gasteiger partial charge in [-0.2, -0.15) is 0 Å². The Kier molecular flexibility index (Phi) is 2.82. The molecule has 0 saturated carbocycles. The number of hydrogen-bond acceptors (Lipinski definition) is 5. The van der Waals surface area contributed by atoms with Crippen molar-refractivity contribution in [1.29, 1.82) is 0 Å². The minimum atomic E-state index is 0.299. The van der Waals surface area contributed by atoms with Crippen LogP contribution in [0, 0.1) is 0 Å². The van der Waals surface area contributed by atoms with E-state index >= 15 is 0 Å². The van der Waals surface area contributed by atoms with Crippen molar-refractivity contribution in [2.75, 3.05) is 6.61 Å². The second-order valence-electron chi connectivity index (χ2n) is 2.88. The van der Waals surface area contributed by atoms with E-state index in [0.717, 1.165) is 5.69 Å². The van der Waals surface area contributed by atoms with Crippen molar-refractivity contribution >= 4 is 6.47 Å². The monoisotopic (exact) mass is 207 g/mol. The highest BCUT2D eigenvalue weighted by Gasteiger charge is 2.08. The third kappa shape index (κ3) is 2.25. The molecule has 2 aromatic rings. The molecule has 0 spiro atoms. The number of aromatic nitrogens is 1. The zero-order valence-electron chi connectivity index (χ0n) is 7.88. The normalized spacial score (nSPS) is 10.1. The van der Waals surface area contributed by atoms with Crippen LogP contribution in [-0.2, 0) is 16.0 Å². The molecule has 0 atom stereocenters. The number of carbonyl (C=O) groups is 1. The molecule has 0 bridgehead atoms. The number of nitrogens with zero attached hydrogens (tertiary/aromatic N) is 1. The van der Waals surface area contributed by atoms with Crippen molar-refractivity contribution in [1.82, 2.24) is 5.16 Å². The summed E-state index contributed by atoms with van der Waals surface area (Å²) in [7, 11) is 0. The summed E-state index contributed by atoms with van der Waals surface area (Å²) in [6.07, 6.45) is 2.09. The molecule has 0 saturated heterocycles. The Balaban J connectivity index is 2.01. The highest BCUT2D eigenvalue weighted by Crippen LogP contribution is 2.20. The highest BCUT2D eigenvalue weighted by molar-refractivity contribution is 5.49. The van der Waals surface area contributed by atoms with Gasteiger partial charge in [0.2, 0.25) is 5.76 Å². The minimum Gasteiger partial charge on any atom is -0.467 e. The Morgan fingerprint density at radius 3 is 3.13 bits per heavy atom. The Morgan fingerprint density at radius 2 is 2.40 bits per heavy atom. The van der Waals surface area contributed by atoms with E-state index in [0.29, 0.717) is 31.0 Å². The number of hydrogen-bond donors (Lipinski definition) is 0. The Bertz CT molecular complexity index is 418. The first-order chi connectivity index (χ1) is 7.40. The van der Waals surface area contributed by atoms with Crippen LogP contribution < -0.4 is 0 Å². The fraction of sp³-hybridized carbons (Fsp3) is 0.200. The van der Waals surface area contributed by atoms with Gasteiger partial charge in [-0.05, 0) is 12.1 Å². The highest BCUT2D eigenvalue weighted by atomic mass is 16.5. The average molecular weight is 207 g/mol. The molecule has 15 heavy (non-hydrogen) atoms. The summed E-state index contributed by atoms with van der Waals surface area (Å²) in [5, 5.41) is 3.81. The predicted octanol–water partition coefficient (Wildman–Crippen LogP) is 1.65. The van der Waals surface area contributed by atoms with E-state index in [4.69, 9.17) is 8.94 Å². The second-order valence-corrected chi connectivity index (χ2v) is 2.88. The van der Waals surface area contributed by atoms with Crippen LogP contribution in [0.2, 0.25) is 0 Å². The lowest BCUT2D eigenvalue weighted by atomic mass is 10.2. The number of rotatable bonds is 5. The molecule has 2 rings (SSSR count). The molecule has 2 aromatic heterocycles. The third-order valence-corrected chi connectivity index (χ3v) is 1.87. The summed E-state index contributed by atoms with van der Waals surface area (Å²) in [5.74, 6) is 1.20. The van der Waals surface area contributed by atoms with Crippen molar-refractivity contribution in [2.24, 2.45) is 0 Å². The maximum Gasteiger partial charge on any atom is 0.293 e. The van der Waals surface area contributed by atoms with Gasteiger partial charge in [-0.3, -0.25) is 4.79 Å². The van der Waals surface area contributed by atoms with Crippen LogP contribution in [0.4, 0.5) is 0 Å². The van der Waals surface area contributed by atoms with Crippen molar-refractivity contribution in [3.8, 4) is 11.5 Å². The van der Waals surface area contributed by atoms with Crippen molar-refractivity contribution in [3.63, 3.8) is 0 Å². The first-order valence-electron chi connectivity index (χ1n) is 4.45. The summed E-state index contributed by atoms with van der Waals surface area (Å²) < 4.78 is 14.7. The fourth-order valence-corrected chi connectivity index (χ4v) is 1.18. The Hall–Kier alpha value is -2.04. The smallest absolute Gasteiger partial charge is 0.293 e. The molecule has 0 N–H and O–H groups in total. The summed E-state index contributed by atoms with van der Waals surface area (Å²) in [4.78, 5) is 9.91. The van der Waals surface area contributed by atoms with Gasteiger partial charge in [0.25, 0.3) is 6.47 Å². The number of carbonyl (C=O) groups excluding carboxylic acids is 1. The van der Waals surface area contributed by atoms with Gasteiger partial charge in [-0.25, -0.2) is 0 Å². The van der Waals surface area contributed by atoms with E-state index in [-0.39, 0.29) is 0 Å². The maximum atomic E-state index is 9.91. The van der Waals surface area contributed by atoms with Crippen LogP contribution in [0.25, 0.3) is 11.5 Å². The van der Waals surface area contributed by atoms with Gasteiger partial charge in [-0.1, -0.05) is 5.16 Å². The zero-order chi connectivity index (χ0) is 10.5. The second kappa shape index (κ2) is 4.45. The number of ether oxygens (including phenoxy) is 1. The first-order valence-corrected chi connectivity index (χ1v) is 4.45. The molecular weight excluding hydrogens is 198 g/mol. The molecule has 5 heteroatoms. The lowest BCUT2D eigenvalue weighted by molar-refractivity contribution is -0.128. The van der Waals surface area contributed by atoms with E-state index in [2.05, 4.69) is 9.89 Å². The summed E-state index contributed by atoms with van der Waals surface area (Å²) in [5.41, 5.74) is 0.725. The topological polar surface area (TPSA) is 65.5 Å². The first kappa shape index (κ1) is 9.51. The van der Waals surface area contributed by atoms with Crippen LogP contribution in [-0.4, -0.2) is 18.2 Å². The van der Waals surface area contributed by atoms with Crippen LogP contribution in [0.15, 0.2) is 33.4 Å². The lowest BCUT2D eigenvalue weighted by Crippen LogP contribution is -1.96. The maximum absolute atomic E-state index is 9.91. The molecule has 0 amide bonds. The minimum absolute atomic E-state index is 0.299. The van der Waals surface area contributed by atoms with Gasteiger partial charge in [0.15, 0.2) is 5.76 Å². The summed E-state index contributed by atoms with van der Waals surface area (Å²) in [6, 6.07) is 5.31. The molecule has 0 aliphatic carbocycles. The van der Waals surface area contributed by atoms with Gasteiger partial charge < -0.3 is 13.7 Å². The summed E-state index contributed by atoms with van der Waals surface area (Å²) in [6.45, 7) is 0.709. The standard InChI is InChI=1S/C10H9NO4/c12-7-13-5-3-8-6-10(15-11-8)9-2-1-4-14-9/h1-2,4,6-7H,3,5H2. The van der Waals surface area contributed by atoms with Gasteiger partial charge in [0, 0.05) is 12.5 Å². The van der Waals surface area contributed by atoms with Crippen LogP contribution in [0.5, 0.6) is 0 Å². The quantitative estimate of drug-likeness (QED) is 0.551. The Labute approximate surface area is 85.6 Å². The molecule has 0 unspecified atom stereocenters. The van der Waals surface area contributed by atoms with Crippen LogP contribution >= 0.6 is 0 Å². The largest absolute Gasteiger partial charge is 0.467 e. The van der Waals surface area contributed by atoms with E-state index in [1.165, 1.54) is 0 Å². The van der Waals surface area contributed by atoms with Gasteiger partial charge in [-0.15, -0.1) is 0 Å². The third-order valence-electron chi connectivity index (χ3n) is 1.87. The molecule has 0 fully saturated rings. The zero-order valence-corrected chi connectivity index (χ0v) is 7.88. The predicted molar refractivity (Wildman–Crippen MR) is 49.9 cm³/mol. The van der Waals surface area contributed by atoms with Crippen molar-refractivity contribution < 1.29 is 18.5 Å². The van der Waals surface area contributed by atoms with Gasteiger partial charge in [0.05, 0.1) is 18.6 Å². The SMILES string of the molecule is O=COCCc1cc(-c2ccco2)on1. The van der Waals surface area contributed by atoms with Crippen LogP contribution in [0.3, 0.4) is 0 Å². The van der Waals surface area contributed by atoms with E-state index in [1.54, 1.807) is 24.5 Å². The lowest BCUT2D eigenvalue weighted by Gasteiger charge is -1.91. The van der Waals surface area contributed by atoms with Crippen LogP contribution in [0.1, 0.15) is 5.69 Å². The molecule has 5 nitrogen and oxygen atoms in total. The molecule has 0 aliphatic heterocycles. The molecule has 78 valence electrons. The molecular formula is C10H9NO4. The van der Waals surface area contributed by atoms with Crippen molar-refractivity contribution in [3.05, 3.63) is 30.2 Å². The Morgan fingerprint density at radius 1 is 1.47 bits per heavy atom. The summed E-state index contributed by atoms with van der Waals surface area (Å²) >= 11 is 0. The molecule has 0 aliphatic rings.